The molecule has 0 fully saturated rings. The van der Waals surface area contributed by atoms with Gasteiger partial charge in [0, 0.05) is 73.0 Å². The average molecular weight is 1010 g/mol. The van der Waals surface area contributed by atoms with E-state index in [4.69, 9.17) is 40.6 Å². The minimum Gasteiger partial charge on any atom is -0.507 e. The van der Waals surface area contributed by atoms with Crippen molar-refractivity contribution in [2.24, 2.45) is 0 Å². The molecule has 0 aliphatic rings. The zero-order valence-corrected chi connectivity index (χ0v) is 34.7. The maximum atomic E-state index is 13.0. The number of aromatic hydroxyl groups is 1. The number of para-hydroxylation sites is 1. The zero-order valence-electron chi connectivity index (χ0n) is 58.4. The van der Waals surface area contributed by atoms with Crippen LogP contribution in [-0.2, 0) is 31.9 Å². The normalized spacial score (nSPS) is 19.3. The van der Waals surface area contributed by atoms with E-state index in [1.54, 1.807) is 78.9 Å². The van der Waals surface area contributed by atoms with Crippen LogP contribution in [0.4, 0.5) is 0 Å². The van der Waals surface area contributed by atoms with Crippen molar-refractivity contribution in [2.75, 3.05) is 0 Å². The predicted molar refractivity (Wildman–Crippen MR) is 254 cm³/mol. The van der Waals surface area contributed by atoms with Crippen molar-refractivity contribution >= 4 is 11.0 Å². The summed E-state index contributed by atoms with van der Waals surface area (Å²) in [5, 5.41) is 13.0. The molecule has 5 heteroatoms. The van der Waals surface area contributed by atoms with Crippen molar-refractivity contribution in [1.82, 2.24) is 14.5 Å². The van der Waals surface area contributed by atoms with Gasteiger partial charge in [-0.05, 0) is 87.0 Å². The van der Waals surface area contributed by atoms with Gasteiger partial charge in [-0.2, -0.15) is 0 Å². The number of phenolic OH excluding ortho intramolecular Hbond substituents is 1. The van der Waals surface area contributed by atoms with Gasteiger partial charge in [0.25, 0.3) is 0 Å². The first-order valence-electron chi connectivity index (χ1n) is 31.9. The van der Waals surface area contributed by atoms with Crippen molar-refractivity contribution in [3.63, 3.8) is 0 Å². The van der Waals surface area contributed by atoms with Crippen LogP contribution in [0.2, 0.25) is 0 Å². The van der Waals surface area contributed by atoms with Crippen LogP contribution >= 0.6 is 0 Å². The maximum absolute atomic E-state index is 13.0. The number of phenols is 1. The van der Waals surface area contributed by atoms with E-state index >= 15 is 0 Å². The number of nitrogens with zero attached hydrogens (tertiary/aromatic N) is 3. The van der Waals surface area contributed by atoms with E-state index in [9.17, 15) is 5.11 Å². The third kappa shape index (κ3) is 8.20. The summed E-state index contributed by atoms with van der Waals surface area (Å²) in [6, 6.07) is 33.6. The van der Waals surface area contributed by atoms with Crippen LogP contribution < -0.4 is 0 Å². The van der Waals surface area contributed by atoms with Gasteiger partial charge in [-0.3, -0.25) is 9.55 Å². The molecule has 310 valence electrons. The summed E-state index contributed by atoms with van der Waals surface area (Å²) in [5.41, 5.74) is -10.2. The smallest absolute Gasteiger partial charge is 0.148 e. The Labute approximate surface area is 416 Å². The molecule has 0 amide bonds. The molecule has 0 saturated carbocycles. The van der Waals surface area contributed by atoms with Gasteiger partial charge in [0.2, 0.25) is 0 Å². The number of hydrogen-bond acceptors (Lipinski definition) is 3. The summed E-state index contributed by atoms with van der Waals surface area (Å²) >= 11 is 0. The van der Waals surface area contributed by atoms with Crippen molar-refractivity contribution < 1.29 is 61.8 Å². The second kappa shape index (κ2) is 16.8. The molecule has 0 unspecified atom stereocenters. The van der Waals surface area contributed by atoms with Crippen molar-refractivity contribution in [1.29, 1.82) is 0 Å². The molecule has 2 heterocycles. The molecule has 1 N–H and O–H groups in total. The van der Waals surface area contributed by atoms with Gasteiger partial charge in [0.15, 0.2) is 0 Å². The minimum atomic E-state index is -4.27. The average Bonchev–Trinajstić information content (AvgIpc) is 0.797. The Morgan fingerprint density at radius 3 is 2.06 bits per heavy atom. The van der Waals surface area contributed by atoms with E-state index in [0.29, 0.717) is 22.8 Å². The number of aromatic nitrogens is 3. The Morgan fingerprint density at radius 2 is 1.34 bits per heavy atom. The molecule has 4 nitrogen and oxygen atoms in total. The number of pyridine rings is 1. The number of imidazole rings is 1. The predicted octanol–water partition coefficient (Wildman–Crippen LogP) is 14.8. The molecular weight excluding hydrogens is 938 g/mol. The summed E-state index contributed by atoms with van der Waals surface area (Å²) in [6.45, 7) is -28.1. The van der Waals surface area contributed by atoms with Crippen molar-refractivity contribution in [3.05, 3.63) is 193 Å². The largest absolute Gasteiger partial charge is 0.507 e. The number of benzene rings is 7. The third-order valence-electron chi connectivity index (χ3n) is 10.3. The number of aryl methyl sites for hydroxylation is 1. The fourth-order valence-electron chi connectivity index (χ4n) is 7.38. The quantitative estimate of drug-likeness (QED) is 0.162. The van der Waals surface area contributed by atoms with Gasteiger partial charge in [-0.1, -0.05) is 179 Å². The molecule has 2 aromatic heterocycles. The molecule has 0 saturated heterocycles. The Balaban J connectivity index is 0.0000100. The maximum Gasteiger partial charge on any atom is 0.148 e. The van der Waals surface area contributed by atoms with Crippen LogP contribution in [0, 0.1) is 12.9 Å². The second-order valence-corrected chi connectivity index (χ2v) is 14.5. The number of fused-ring (bicyclic) bond motifs is 1. The van der Waals surface area contributed by atoms with Gasteiger partial charge < -0.3 is 5.11 Å². The fourth-order valence-corrected chi connectivity index (χ4v) is 7.38. The van der Waals surface area contributed by atoms with Crippen LogP contribution in [-0.4, -0.2) is 19.6 Å². The Morgan fingerprint density at radius 1 is 0.613 bits per heavy atom. The van der Waals surface area contributed by atoms with E-state index in [0.717, 1.165) is 0 Å². The van der Waals surface area contributed by atoms with Gasteiger partial charge in [0.1, 0.15) is 11.6 Å². The molecule has 9 aromatic rings. The van der Waals surface area contributed by atoms with E-state index in [1.165, 1.54) is 53.2 Å². The first-order valence-corrected chi connectivity index (χ1v) is 18.9. The molecule has 0 atom stereocenters. The van der Waals surface area contributed by atoms with E-state index in [2.05, 4.69) is 11.1 Å². The minimum absolute atomic E-state index is 0. The van der Waals surface area contributed by atoms with E-state index in [-0.39, 0.29) is 88.5 Å². The first-order chi connectivity index (χ1) is 40.1. The summed E-state index contributed by atoms with van der Waals surface area (Å²) < 4.78 is 227. The summed E-state index contributed by atoms with van der Waals surface area (Å²) in [6.07, 6.45) is 1.37. The van der Waals surface area contributed by atoms with Crippen LogP contribution in [0.15, 0.2) is 170 Å². The molecular formula is C57H50N3OPt-. The Hall–Kier alpha value is -6.35. The first kappa shape index (κ1) is 21.1. The van der Waals surface area contributed by atoms with E-state index in [1.807, 2.05) is 0 Å². The molecule has 0 aliphatic carbocycles. The van der Waals surface area contributed by atoms with Crippen molar-refractivity contribution in [2.45, 2.75) is 58.8 Å². The standard InChI is InChI=1S/C57H50N3O.Pt/c1-37-30-46(26-27-47(37)40-22-15-10-16-23-40)60-52-25-17-24-48(53(52)59-55(60)49-35-45(56(2,3)4)36-50(54(49)61)57(5,6)7)43-31-42(39-20-13-9-14-21-39)32-44(33-43)51-34-41(28-29-58-51)38-18-11-8-12-19-38;/h8-32,34-36,61H,1-7H3;/q-1;/i1D3,2D3,3D3,4D3,5D3,6D3,7D3,8D,11D,12D,18D,19D;. The van der Waals surface area contributed by atoms with Crippen LogP contribution in [0.25, 0.3) is 83.9 Å². The van der Waals surface area contributed by atoms with Crippen LogP contribution in [0.3, 0.4) is 0 Å². The monoisotopic (exact) mass is 1010 g/mol. The zero-order chi connectivity index (χ0) is 64.3. The molecule has 62 heavy (non-hydrogen) atoms. The number of rotatable bonds is 7. The van der Waals surface area contributed by atoms with Crippen molar-refractivity contribution in [3.8, 4) is 78.6 Å². The molecule has 0 bridgehead atoms. The molecule has 0 spiro atoms. The summed E-state index contributed by atoms with van der Waals surface area (Å²) in [7, 11) is 0. The SMILES string of the molecule is [2H]c1c([2H])c([2H])c(-c2ccnc(-c3[c-]c(-c4cccc5c4nc(-c4cc(C(C([2H])([2H])[2H])(C([2H])([2H])[2H])C([2H])([2H])[2H])cc(C(C([2H])([2H])[2H])(C([2H])([2H])[2H])C([2H])([2H])[2H])c4O)n5-c4ccc(-c5ccccc5)c(C([2H])([2H])[2H])c4)cc(-c4ccccc4)c3)c2)c([2H])c1[2H].[Pt]. The Bertz CT molecular complexity index is 4040. The number of hydrogen-bond donors (Lipinski definition) is 1. The summed E-state index contributed by atoms with van der Waals surface area (Å²) in [5.74, 6) is -2.21. The fraction of sp³-hybridized carbons (Fsp3) is 0.158. The van der Waals surface area contributed by atoms with Gasteiger partial charge in [0.05, 0.1) is 23.5 Å². The van der Waals surface area contributed by atoms with Gasteiger partial charge in [-0.25, -0.2) is 4.98 Å². The van der Waals surface area contributed by atoms with Crippen LogP contribution in [0.5, 0.6) is 5.75 Å². The molecule has 9 rings (SSSR count). The molecule has 0 aliphatic heterocycles. The molecule has 7 aromatic carbocycles. The van der Waals surface area contributed by atoms with E-state index < -0.39 is 117 Å². The topological polar surface area (TPSA) is 50.9 Å². The van der Waals surface area contributed by atoms with Crippen LogP contribution in [0.1, 0.15) is 93.4 Å². The summed E-state index contributed by atoms with van der Waals surface area (Å²) in [4.78, 5) is 9.57. The second-order valence-electron chi connectivity index (χ2n) is 14.5. The molecule has 0 radical (unpaired) electrons. The third-order valence-corrected chi connectivity index (χ3v) is 10.3. The Kier molecular flexibility index (Phi) is 5.74. The van der Waals surface area contributed by atoms with Gasteiger partial charge in [-0.15, -0.1) is 23.8 Å². The van der Waals surface area contributed by atoms with Gasteiger partial charge >= 0.3 is 0 Å².